The second kappa shape index (κ2) is 7.34. The van der Waals surface area contributed by atoms with Gasteiger partial charge >= 0.3 is 6.09 Å². The van der Waals surface area contributed by atoms with Gasteiger partial charge in [-0.2, -0.15) is 0 Å². The summed E-state index contributed by atoms with van der Waals surface area (Å²) in [5.41, 5.74) is 1.84. The molecule has 1 atom stereocenters. The number of rotatable bonds is 4. The molecule has 4 rings (SSSR count). The zero-order valence-electron chi connectivity index (χ0n) is 15.6. The monoisotopic (exact) mass is 385 g/mol. The van der Waals surface area contributed by atoms with Crippen molar-refractivity contribution in [3.63, 3.8) is 0 Å². The van der Waals surface area contributed by atoms with Gasteiger partial charge in [0.2, 0.25) is 0 Å². The highest BCUT2D eigenvalue weighted by atomic mass is 19.1. The van der Waals surface area contributed by atoms with E-state index in [1.165, 1.54) is 26.3 Å². The third-order valence-corrected chi connectivity index (χ3v) is 4.73. The van der Waals surface area contributed by atoms with Crippen molar-refractivity contribution in [2.24, 2.45) is 0 Å². The number of halogens is 1. The predicted octanol–water partition coefficient (Wildman–Crippen LogP) is 2.48. The molecular formula is C19H20FN5O3. The highest BCUT2D eigenvalue weighted by Crippen LogP contribution is 2.31. The Morgan fingerprint density at radius 1 is 1.32 bits per heavy atom. The fourth-order valence-corrected chi connectivity index (χ4v) is 3.34. The van der Waals surface area contributed by atoms with Crippen LogP contribution in [0, 0.1) is 5.82 Å². The molecule has 28 heavy (non-hydrogen) atoms. The molecule has 0 aliphatic carbocycles. The van der Waals surface area contributed by atoms with Crippen molar-refractivity contribution in [1.29, 1.82) is 0 Å². The predicted molar refractivity (Wildman–Crippen MR) is 101 cm³/mol. The number of anilines is 1. The largest absolute Gasteiger partial charge is 0.496 e. The van der Waals surface area contributed by atoms with E-state index in [4.69, 9.17) is 9.47 Å². The van der Waals surface area contributed by atoms with Gasteiger partial charge < -0.3 is 19.7 Å². The number of fused-ring (bicyclic) bond motifs is 1. The van der Waals surface area contributed by atoms with Crippen molar-refractivity contribution in [2.45, 2.75) is 12.5 Å². The molecule has 1 aliphatic heterocycles. The summed E-state index contributed by atoms with van der Waals surface area (Å²) in [5, 5.41) is 7.14. The molecule has 0 bridgehead atoms. The first-order valence-electron chi connectivity index (χ1n) is 8.91. The Labute approximate surface area is 160 Å². The Balaban J connectivity index is 1.66. The number of methoxy groups -OCH3 is 1. The summed E-state index contributed by atoms with van der Waals surface area (Å²) >= 11 is 0. The van der Waals surface area contributed by atoms with Gasteiger partial charge in [0, 0.05) is 25.6 Å². The zero-order chi connectivity index (χ0) is 19.7. The van der Waals surface area contributed by atoms with E-state index in [0.717, 1.165) is 12.2 Å². The number of nitrogens with zero attached hydrogens (tertiary/aromatic N) is 4. The van der Waals surface area contributed by atoms with Crippen LogP contribution in [0.3, 0.4) is 0 Å². The SMILES string of the molecule is CNC(=O)OC1CCN(c2ccc3ncc(-c4cc(F)ccc4OC)n3n2)C1. The van der Waals surface area contributed by atoms with Crippen molar-refractivity contribution in [1.82, 2.24) is 19.9 Å². The lowest BCUT2D eigenvalue weighted by Crippen LogP contribution is -2.29. The number of hydrogen-bond donors (Lipinski definition) is 1. The van der Waals surface area contributed by atoms with Crippen LogP contribution in [0.25, 0.3) is 16.9 Å². The normalized spacial score (nSPS) is 16.4. The number of carbonyl (C=O) groups is 1. The molecule has 1 N–H and O–H groups in total. The average molecular weight is 385 g/mol. The van der Waals surface area contributed by atoms with Gasteiger partial charge in [-0.15, -0.1) is 5.10 Å². The Morgan fingerprint density at radius 2 is 2.18 bits per heavy atom. The van der Waals surface area contributed by atoms with E-state index in [1.54, 1.807) is 16.8 Å². The molecule has 0 spiro atoms. The second-order valence-electron chi connectivity index (χ2n) is 6.46. The van der Waals surface area contributed by atoms with Crippen LogP contribution in [0.2, 0.25) is 0 Å². The van der Waals surface area contributed by atoms with Crippen molar-refractivity contribution < 1.29 is 18.7 Å². The van der Waals surface area contributed by atoms with Gasteiger partial charge in [-0.3, -0.25) is 0 Å². The minimum atomic E-state index is -0.439. The third kappa shape index (κ3) is 3.30. The van der Waals surface area contributed by atoms with Gasteiger partial charge in [0.15, 0.2) is 5.65 Å². The van der Waals surface area contributed by atoms with Crippen LogP contribution in [0.15, 0.2) is 36.5 Å². The van der Waals surface area contributed by atoms with E-state index >= 15 is 0 Å². The summed E-state index contributed by atoms with van der Waals surface area (Å²) in [7, 11) is 3.07. The molecule has 1 amide bonds. The first-order chi connectivity index (χ1) is 13.6. The number of aromatic nitrogens is 3. The van der Waals surface area contributed by atoms with Crippen LogP contribution in [0.1, 0.15) is 6.42 Å². The third-order valence-electron chi connectivity index (χ3n) is 4.73. The number of alkyl carbamates (subject to hydrolysis) is 1. The van der Waals surface area contributed by atoms with E-state index in [-0.39, 0.29) is 11.9 Å². The first kappa shape index (κ1) is 18.0. The molecule has 0 saturated carbocycles. The fraction of sp³-hybridized carbons (Fsp3) is 0.316. The summed E-state index contributed by atoms with van der Waals surface area (Å²) in [6.45, 7) is 1.27. The average Bonchev–Trinajstić information content (AvgIpc) is 3.34. The summed E-state index contributed by atoms with van der Waals surface area (Å²) < 4.78 is 26.2. The van der Waals surface area contributed by atoms with Crippen molar-refractivity contribution in [2.75, 3.05) is 32.1 Å². The highest BCUT2D eigenvalue weighted by Gasteiger charge is 2.27. The Morgan fingerprint density at radius 3 is 2.96 bits per heavy atom. The number of nitrogens with one attached hydrogen (secondary N) is 1. The van der Waals surface area contributed by atoms with E-state index in [0.29, 0.717) is 35.7 Å². The molecule has 3 heterocycles. The molecule has 0 radical (unpaired) electrons. The van der Waals surface area contributed by atoms with E-state index in [9.17, 15) is 9.18 Å². The van der Waals surface area contributed by atoms with Crippen LogP contribution in [-0.4, -0.2) is 54.0 Å². The smallest absolute Gasteiger partial charge is 0.407 e. The number of carbonyl (C=O) groups excluding carboxylic acids is 1. The summed E-state index contributed by atoms with van der Waals surface area (Å²) in [5.74, 6) is 0.899. The molecule has 2 aromatic heterocycles. The topological polar surface area (TPSA) is 81.0 Å². The van der Waals surface area contributed by atoms with Crippen LogP contribution in [0.4, 0.5) is 15.0 Å². The van der Waals surface area contributed by atoms with E-state index < -0.39 is 6.09 Å². The number of imidazole rings is 1. The van der Waals surface area contributed by atoms with Crippen molar-refractivity contribution in [3.8, 4) is 17.0 Å². The molecule has 8 nitrogen and oxygen atoms in total. The van der Waals surface area contributed by atoms with Crippen LogP contribution in [0.5, 0.6) is 5.75 Å². The maximum Gasteiger partial charge on any atom is 0.407 e. The van der Waals surface area contributed by atoms with Crippen molar-refractivity contribution >= 4 is 17.6 Å². The maximum absolute atomic E-state index is 13.8. The fourth-order valence-electron chi connectivity index (χ4n) is 3.34. The quantitative estimate of drug-likeness (QED) is 0.743. The molecule has 146 valence electrons. The number of hydrogen-bond acceptors (Lipinski definition) is 6. The molecule has 1 aromatic carbocycles. The summed E-state index contributed by atoms with van der Waals surface area (Å²) in [6.07, 6.45) is 1.74. The van der Waals surface area contributed by atoms with E-state index in [2.05, 4.69) is 15.4 Å². The Hall–Kier alpha value is -3.36. The molecule has 1 fully saturated rings. The van der Waals surface area contributed by atoms with E-state index in [1.807, 2.05) is 17.0 Å². The highest BCUT2D eigenvalue weighted by molar-refractivity contribution is 5.70. The van der Waals surface area contributed by atoms with Crippen LogP contribution < -0.4 is 15.0 Å². The molecule has 1 saturated heterocycles. The Kier molecular flexibility index (Phi) is 4.72. The minimum absolute atomic E-state index is 0.192. The molecule has 9 heteroatoms. The summed E-state index contributed by atoms with van der Waals surface area (Å²) in [6, 6.07) is 8.05. The maximum atomic E-state index is 13.8. The van der Waals surface area contributed by atoms with Gasteiger partial charge in [-0.1, -0.05) is 0 Å². The molecule has 3 aromatic rings. The second-order valence-corrected chi connectivity index (χ2v) is 6.46. The number of ether oxygens (including phenoxy) is 2. The zero-order valence-corrected chi connectivity index (χ0v) is 15.6. The standard InChI is InChI=1S/C19H20FN5O3/c1-21-19(26)28-13-7-8-24(11-13)18-6-5-17-22-10-15(25(17)23-18)14-9-12(20)3-4-16(14)27-2/h3-6,9-10,13H,7-8,11H2,1-2H3,(H,21,26). The lowest BCUT2D eigenvalue weighted by atomic mass is 10.1. The Bertz CT molecular complexity index is 1020. The van der Waals surface area contributed by atoms with Gasteiger partial charge in [0.05, 0.1) is 25.5 Å². The van der Waals surface area contributed by atoms with Crippen LogP contribution >= 0.6 is 0 Å². The molecule has 1 aliphatic rings. The summed E-state index contributed by atoms with van der Waals surface area (Å²) in [4.78, 5) is 17.8. The molecular weight excluding hydrogens is 365 g/mol. The molecule has 1 unspecified atom stereocenters. The van der Waals surface area contributed by atoms with Crippen molar-refractivity contribution in [3.05, 3.63) is 42.3 Å². The first-order valence-corrected chi connectivity index (χ1v) is 8.91. The number of amides is 1. The minimum Gasteiger partial charge on any atom is -0.496 e. The lowest BCUT2D eigenvalue weighted by Gasteiger charge is -2.18. The van der Waals surface area contributed by atoms with Gasteiger partial charge in [-0.05, 0) is 30.3 Å². The van der Waals surface area contributed by atoms with Crippen LogP contribution in [-0.2, 0) is 4.74 Å². The van der Waals surface area contributed by atoms with Gasteiger partial charge in [-0.25, -0.2) is 18.7 Å². The van der Waals surface area contributed by atoms with Gasteiger partial charge in [0.1, 0.15) is 23.5 Å². The van der Waals surface area contributed by atoms with Gasteiger partial charge in [0.25, 0.3) is 0 Å². The number of benzene rings is 1. The lowest BCUT2D eigenvalue weighted by molar-refractivity contribution is 0.110.